The summed E-state index contributed by atoms with van der Waals surface area (Å²) in [7, 11) is 2.06. The van der Waals surface area contributed by atoms with Crippen LogP contribution in [-0.4, -0.2) is 12.8 Å². The Morgan fingerprint density at radius 1 is 1.00 bits per heavy atom. The summed E-state index contributed by atoms with van der Waals surface area (Å²) in [6.45, 7) is 4.38. The second-order valence-electron chi connectivity index (χ2n) is 6.66. The van der Waals surface area contributed by atoms with Crippen molar-refractivity contribution in [3.8, 4) is 5.75 Å². The van der Waals surface area contributed by atoms with Crippen LogP contribution < -0.4 is 9.64 Å². The lowest BCUT2D eigenvalue weighted by Crippen LogP contribution is -2.58. The van der Waals surface area contributed by atoms with Crippen molar-refractivity contribution in [3.63, 3.8) is 0 Å². The summed E-state index contributed by atoms with van der Waals surface area (Å²) in [5.41, 5.74) is 2.49. The van der Waals surface area contributed by atoms with Gasteiger partial charge in [-0.05, 0) is 68.0 Å². The van der Waals surface area contributed by atoms with E-state index < -0.39 is 5.72 Å². The first kappa shape index (κ1) is 14.9. The van der Waals surface area contributed by atoms with E-state index in [1.165, 1.54) is 5.56 Å². The Morgan fingerprint density at radius 3 is 2.48 bits per heavy atom. The van der Waals surface area contributed by atoms with Crippen molar-refractivity contribution < 1.29 is 4.74 Å². The van der Waals surface area contributed by atoms with Gasteiger partial charge in [0.15, 0.2) is 0 Å². The molecule has 1 atom stereocenters. The van der Waals surface area contributed by atoms with Gasteiger partial charge in [-0.3, -0.25) is 0 Å². The fourth-order valence-corrected chi connectivity index (χ4v) is 4.11. The van der Waals surface area contributed by atoms with E-state index in [9.17, 15) is 0 Å². The predicted molar refractivity (Wildman–Crippen MR) is 96.7 cm³/mol. The summed E-state index contributed by atoms with van der Waals surface area (Å²) in [5.74, 6) is 0.843. The first-order chi connectivity index (χ1) is 10.8. The molecular weight excluding hydrogens is 329 g/mol. The SMILES string of the molecule is CN1c2ccc(Cl)cc2C(C)(C)[C@]12C=Cc1cc(Cl)ccc1O2. The van der Waals surface area contributed by atoms with Gasteiger partial charge in [0.25, 0.3) is 0 Å². The number of rotatable bonds is 0. The van der Waals surface area contributed by atoms with Crippen molar-refractivity contribution in [2.75, 3.05) is 11.9 Å². The molecule has 0 saturated heterocycles. The highest BCUT2D eigenvalue weighted by Gasteiger charge is 2.57. The Kier molecular flexibility index (Phi) is 3.04. The van der Waals surface area contributed by atoms with Crippen molar-refractivity contribution in [1.82, 2.24) is 0 Å². The van der Waals surface area contributed by atoms with Crippen molar-refractivity contribution in [3.05, 3.63) is 63.6 Å². The number of hydrogen-bond donors (Lipinski definition) is 0. The van der Waals surface area contributed by atoms with Crippen molar-refractivity contribution >= 4 is 35.0 Å². The molecule has 2 nitrogen and oxygen atoms in total. The van der Waals surface area contributed by atoms with E-state index in [0.29, 0.717) is 5.02 Å². The zero-order chi connectivity index (χ0) is 16.4. The molecule has 2 aromatic carbocycles. The molecule has 2 aromatic rings. The van der Waals surface area contributed by atoms with Crippen LogP contribution in [0.25, 0.3) is 6.08 Å². The van der Waals surface area contributed by atoms with Gasteiger partial charge in [-0.1, -0.05) is 23.2 Å². The number of likely N-dealkylation sites (N-methyl/N-ethyl adjacent to an activating group) is 1. The van der Waals surface area contributed by atoms with E-state index in [2.05, 4.69) is 44.0 Å². The minimum atomic E-state index is -0.582. The molecule has 0 aromatic heterocycles. The Bertz CT molecular complexity index is 843. The van der Waals surface area contributed by atoms with Crippen LogP contribution in [0.5, 0.6) is 5.75 Å². The van der Waals surface area contributed by atoms with Gasteiger partial charge >= 0.3 is 0 Å². The quantitative estimate of drug-likeness (QED) is 0.622. The molecule has 0 bridgehead atoms. The fraction of sp³-hybridized carbons (Fsp3) is 0.263. The van der Waals surface area contributed by atoms with E-state index in [1.807, 2.05) is 30.3 Å². The molecule has 0 fully saturated rings. The zero-order valence-corrected chi connectivity index (χ0v) is 14.7. The third-order valence-electron chi connectivity index (χ3n) is 5.11. The topological polar surface area (TPSA) is 12.5 Å². The van der Waals surface area contributed by atoms with E-state index in [1.54, 1.807) is 0 Å². The summed E-state index contributed by atoms with van der Waals surface area (Å²) in [6, 6.07) is 11.7. The number of halogens is 2. The van der Waals surface area contributed by atoms with Crippen LogP contribution >= 0.6 is 23.2 Å². The molecule has 2 aliphatic rings. The molecule has 2 heterocycles. The number of anilines is 1. The molecule has 23 heavy (non-hydrogen) atoms. The van der Waals surface area contributed by atoms with Gasteiger partial charge < -0.3 is 9.64 Å². The second kappa shape index (κ2) is 4.68. The van der Waals surface area contributed by atoms with Gasteiger partial charge in [0, 0.05) is 28.3 Å². The zero-order valence-electron chi connectivity index (χ0n) is 13.2. The van der Waals surface area contributed by atoms with E-state index in [4.69, 9.17) is 27.9 Å². The summed E-state index contributed by atoms with van der Waals surface area (Å²) in [4.78, 5) is 2.19. The average molecular weight is 346 g/mol. The largest absolute Gasteiger partial charge is 0.463 e. The smallest absolute Gasteiger partial charge is 0.211 e. The molecule has 0 saturated carbocycles. The minimum absolute atomic E-state index is 0.254. The maximum Gasteiger partial charge on any atom is 0.211 e. The maximum atomic E-state index is 6.52. The Morgan fingerprint density at radius 2 is 1.70 bits per heavy atom. The van der Waals surface area contributed by atoms with Crippen LogP contribution in [0.1, 0.15) is 25.0 Å². The number of ether oxygens (including phenoxy) is 1. The predicted octanol–water partition coefficient (Wildman–Crippen LogP) is 5.52. The molecule has 0 aliphatic carbocycles. The average Bonchev–Trinajstić information content (AvgIpc) is 2.67. The van der Waals surface area contributed by atoms with Crippen molar-refractivity contribution in [2.45, 2.75) is 25.0 Å². The number of fused-ring (bicyclic) bond motifs is 2. The van der Waals surface area contributed by atoms with Gasteiger partial charge in [0.2, 0.25) is 5.72 Å². The van der Waals surface area contributed by atoms with E-state index in [0.717, 1.165) is 22.0 Å². The lowest BCUT2D eigenvalue weighted by molar-refractivity contribution is 0.0582. The van der Waals surface area contributed by atoms with Gasteiger partial charge in [-0.25, -0.2) is 0 Å². The monoisotopic (exact) mass is 345 g/mol. The third kappa shape index (κ3) is 1.88. The number of hydrogen-bond acceptors (Lipinski definition) is 2. The molecule has 4 rings (SSSR count). The Hall–Kier alpha value is -1.64. The molecule has 118 valence electrons. The lowest BCUT2D eigenvalue weighted by atomic mass is 9.76. The van der Waals surface area contributed by atoms with Crippen molar-refractivity contribution in [1.29, 1.82) is 0 Å². The highest BCUT2D eigenvalue weighted by atomic mass is 35.5. The summed E-state index contributed by atoms with van der Waals surface area (Å²) in [6.07, 6.45) is 4.22. The molecule has 0 radical (unpaired) electrons. The summed E-state index contributed by atoms with van der Waals surface area (Å²) < 4.78 is 6.52. The molecular formula is C19H17Cl2NO. The van der Waals surface area contributed by atoms with Gasteiger partial charge in [-0.15, -0.1) is 0 Å². The van der Waals surface area contributed by atoms with Crippen LogP contribution in [0.2, 0.25) is 10.0 Å². The van der Waals surface area contributed by atoms with Crippen LogP contribution in [0.15, 0.2) is 42.5 Å². The molecule has 4 heteroatoms. The standard InChI is InChI=1S/C19H17Cl2NO/c1-18(2)15-11-14(21)4-6-16(15)22(3)19(18)9-8-12-10-13(20)5-7-17(12)23-19/h4-11H,1-3H3/t19-/m1/s1. The van der Waals surface area contributed by atoms with E-state index in [-0.39, 0.29) is 5.41 Å². The normalized spacial score (nSPS) is 23.6. The van der Waals surface area contributed by atoms with E-state index >= 15 is 0 Å². The lowest BCUT2D eigenvalue weighted by Gasteiger charge is -2.45. The molecule has 2 aliphatic heterocycles. The first-order valence-electron chi connectivity index (χ1n) is 7.57. The first-order valence-corrected chi connectivity index (χ1v) is 8.32. The van der Waals surface area contributed by atoms with Crippen LogP contribution in [0, 0.1) is 0 Å². The molecule has 0 N–H and O–H groups in total. The highest BCUT2D eigenvalue weighted by Crippen LogP contribution is 2.54. The van der Waals surface area contributed by atoms with Gasteiger partial charge in [0.05, 0.1) is 5.41 Å². The van der Waals surface area contributed by atoms with Gasteiger partial charge in [-0.2, -0.15) is 0 Å². The molecule has 1 spiro atoms. The number of nitrogens with zero attached hydrogens (tertiary/aromatic N) is 1. The Labute approximate surface area is 146 Å². The summed E-state index contributed by atoms with van der Waals surface area (Å²) in [5, 5.41) is 1.45. The molecule has 0 unspecified atom stereocenters. The second-order valence-corrected chi connectivity index (χ2v) is 7.53. The number of benzene rings is 2. The van der Waals surface area contributed by atoms with Crippen molar-refractivity contribution in [2.24, 2.45) is 0 Å². The third-order valence-corrected chi connectivity index (χ3v) is 5.58. The maximum absolute atomic E-state index is 6.52. The van der Waals surface area contributed by atoms with Crippen LogP contribution in [-0.2, 0) is 5.41 Å². The highest BCUT2D eigenvalue weighted by molar-refractivity contribution is 6.31. The van der Waals surface area contributed by atoms with Crippen LogP contribution in [0.4, 0.5) is 5.69 Å². The fourth-order valence-electron chi connectivity index (χ4n) is 3.76. The Balaban J connectivity index is 1.89. The summed E-state index contributed by atoms with van der Waals surface area (Å²) >= 11 is 12.3. The van der Waals surface area contributed by atoms with Gasteiger partial charge in [0.1, 0.15) is 5.75 Å². The molecule has 0 amide bonds. The minimum Gasteiger partial charge on any atom is -0.463 e. The van der Waals surface area contributed by atoms with Crippen LogP contribution in [0.3, 0.4) is 0 Å².